The van der Waals surface area contributed by atoms with E-state index in [-0.39, 0.29) is 82.2 Å². The molecule has 2 saturated carbocycles. The molecule has 3 saturated heterocycles. The zero-order valence-corrected chi connectivity index (χ0v) is 35.6. The third-order valence-electron chi connectivity index (χ3n) is 12.8. The molecule has 17 nitrogen and oxygen atoms in total. The summed E-state index contributed by atoms with van der Waals surface area (Å²) in [6.07, 6.45) is 6.62. The Bertz CT molecular complexity index is 2630. The molecule has 5 heterocycles. The zero-order valence-electron chi connectivity index (χ0n) is 35.6. The van der Waals surface area contributed by atoms with Crippen LogP contribution < -0.4 is 35.4 Å². The quantitative estimate of drug-likeness (QED) is 0.154. The lowest BCUT2D eigenvalue weighted by Crippen LogP contribution is -2.49. The number of anilines is 2. The Kier molecular flexibility index (Phi) is 11.4. The van der Waals surface area contributed by atoms with Gasteiger partial charge in [0.05, 0.1) is 42.1 Å². The first-order chi connectivity index (χ1) is 30.4. The molecule has 0 bridgehead atoms. The van der Waals surface area contributed by atoms with Crippen LogP contribution in [0, 0.1) is 17.6 Å². The van der Waals surface area contributed by atoms with Crippen molar-refractivity contribution in [1.29, 1.82) is 0 Å². The number of fused-ring (bicyclic) bond motifs is 3. The van der Waals surface area contributed by atoms with E-state index in [2.05, 4.69) is 5.32 Å². The number of piperidine rings is 1. The molecule has 2 aromatic carbocycles. The highest BCUT2D eigenvalue weighted by molar-refractivity contribution is 5.99. The van der Waals surface area contributed by atoms with Gasteiger partial charge >= 0.3 is 18.0 Å². The number of amides is 1. The third-order valence-corrected chi connectivity index (χ3v) is 12.8. The van der Waals surface area contributed by atoms with E-state index >= 15 is 8.78 Å². The molecule has 0 radical (unpaired) electrons. The Labute approximate surface area is 360 Å². The van der Waals surface area contributed by atoms with Crippen molar-refractivity contribution in [3.63, 3.8) is 0 Å². The fraction of sp³-hybridized carbons (Fsp3) is 0.523. The fourth-order valence-electron chi connectivity index (χ4n) is 9.64. The van der Waals surface area contributed by atoms with E-state index in [1.807, 2.05) is 11.8 Å². The molecule has 5 fully saturated rings. The molecule has 2 aromatic heterocycles. The van der Waals surface area contributed by atoms with Crippen LogP contribution in [0.1, 0.15) is 78.2 Å². The van der Waals surface area contributed by atoms with Gasteiger partial charge in [0.2, 0.25) is 17.7 Å². The number of likely N-dealkylation sites (tertiary alicyclic amines) is 1. The molecule has 5 aliphatic rings. The number of carbonyl (C=O) groups excluding carboxylic acids is 3. The number of esters is 2. The molecule has 2 aliphatic carbocycles. The Balaban J connectivity index is 0.928. The van der Waals surface area contributed by atoms with Gasteiger partial charge < -0.3 is 57.6 Å². The second-order valence-corrected chi connectivity index (χ2v) is 17.0. The Morgan fingerprint density at radius 2 is 1.27 bits per heavy atom. The van der Waals surface area contributed by atoms with E-state index in [4.69, 9.17) is 28.4 Å². The number of nitrogens with zero attached hydrogens (tertiary/aromatic N) is 5. The first-order valence-electron chi connectivity index (χ1n) is 21.3. The minimum Gasteiger partial charge on any atom is -0.492 e. The van der Waals surface area contributed by atoms with Gasteiger partial charge in [0.1, 0.15) is 22.5 Å². The fourth-order valence-corrected chi connectivity index (χ4v) is 9.64. The van der Waals surface area contributed by atoms with Crippen LogP contribution in [-0.2, 0) is 18.9 Å². The van der Waals surface area contributed by atoms with Gasteiger partial charge in [-0.3, -0.25) is 9.59 Å². The van der Waals surface area contributed by atoms with Crippen LogP contribution in [0.15, 0.2) is 34.1 Å². The summed E-state index contributed by atoms with van der Waals surface area (Å²) < 4.78 is 68.2. The minimum atomic E-state index is -1.03. The Morgan fingerprint density at radius 3 is 1.79 bits per heavy atom. The predicted molar refractivity (Wildman–Crippen MR) is 225 cm³/mol. The van der Waals surface area contributed by atoms with Crippen molar-refractivity contribution >= 4 is 51.2 Å². The van der Waals surface area contributed by atoms with Crippen LogP contribution in [0.4, 0.5) is 25.0 Å². The molecular formula is C44H50F2N6O11. The first kappa shape index (κ1) is 42.4. The summed E-state index contributed by atoms with van der Waals surface area (Å²) in [4.78, 5) is 72.7. The maximum Gasteiger partial charge on any atom is 0.412 e. The highest BCUT2D eigenvalue weighted by Gasteiger charge is 2.44. The van der Waals surface area contributed by atoms with Gasteiger partial charge in [-0.2, -0.15) is 0 Å². The average Bonchev–Trinajstić information content (AvgIpc) is 4.23. The number of hydrogen-bond donors (Lipinski definition) is 1. The Hall–Kier alpha value is -5.95. The number of pyridine rings is 2. The summed E-state index contributed by atoms with van der Waals surface area (Å²) >= 11 is 0. The van der Waals surface area contributed by atoms with Crippen LogP contribution in [0.2, 0.25) is 0 Å². The topological polar surface area (TPSA) is 172 Å². The van der Waals surface area contributed by atoms with Crippen molar-refractivity contribution in [2.24, 2.45) is 5.92 Å². The molecule has 1 amide bonds. The second kappa shape index (κ2) is 17.0. The van der Waals surface area contributed by atoms with Crippen molar-refractivity contribution in [1.82, 2.24) is 19.4 Å². The van der Waals surface area contributed by atoms with E-state index in [9.17, 15) is 24.0 Å². The lowest BCUT2D eigenvalue weighted by Gasteiger charge is -2.35. The number of ether oxygens (including phenoxy) is 6. The second-order valence-electron chi connectivity index (χ2n) is 17.0. The molecular weight excluding hydrogens is 827 g/mol. The molecule has 3 unspecified atom stereocenters. The lowest BCUT2D eigenvalue weighted by atomic mass is 9.92. The molecule has 19 heteroatoms. The van der Waals surface area contributed by atoms with Crippen LogP contribution in [0.3, 0.4) is 0 Å². The molecule has 0 spiro atoms. The summed E-state index contributed by atoms with van der Waals surface area (Å²) in [5.41, 5.74) is -0.874. The minimum absolute atomic E-state index is 0.0255. The van der Waals surface area contributed by atoms with Crippen LogP contribution in [0.5, 0.6) is 11.5 Å². The van der Waals surface area contributed by atoms with Crippen LogP contribution in [0.25, 0.3) is 21.8 Å². The first-order valence-corrected chi connectivity index (χ1v) is 21.3. The smallest absolute Gasteiger partial charge is 0.412 e. The number of carbonyl (C=O) groups is 3. The molecule has 9 rings (SSSR count). The Morgan fingerprint density at radius 1 is 0.714 bits per heavy atom. The summed E-state index contributed by atoms with van der Waals surface area (Å²) in [7, 11) is 4.18. The zero-order chi connectivity index (χ0) is 44.3. The van der Waals surface area contributed by atoms with Crippen molar-refractivity contribution in [3.05, 3.63) is 67.7 Å². The van der Waals surface area contributed by atoms with E-state index in [0.29, 0.717) is 50.2 Å². The number of benzene rings is 2. The van der Waals surface area contributed by atoms with Gasteiger partial charge in [-0.15, -0.1) is 0 Å². The van der Waals surface area contributed by atoms with Crippen LogP contribution in [-0.4, -0.2) is 118 Å². The van der Waals surface area contributed by atoms with Crippen LogP contribution >= 0.6 is 0 Å². The predicted octanol–water partition coefficient (Wildman–Crippen LogP) is 4.69. The third kappa shape index (κ3) is 7.68. The number of rotatable bonds is 12. The average molecular weight is 877 g/mol. The van der Waals surface area contributed by atoms with Gasteiger partial charge in [-0.25, -0.2) is 23.2 Å². The number of hydrogen-bond acceptors (Lipinski definition) is 14. The lowest BCUT2D eigenvalue weighted by molar-refractivity contribution is -0.0195. The standard InChI is InChI=1S/C44H50F2N6O11/c1-23-16-48(13-11-47-23)36-31(45)14-27-34(40(36)59-3)51(25-7-8-25)19-30(39(27)54)43(56)62-22-63-44(57)50-12-5-6-24-17-49(20-33(24)50)37-32(46)15-28-35(41(37)60-4)52(26-9-10-26)18-29(38(28)53)42(55)61-21-58-2/h14-15,18-19,23-26,33,47H,5-13,16-17,20-22H2,1-4H3. The number of aromatic nitrogens is 2. The van der Waals surface area contributed by atoms with Gasteiger partial charge in [-0.1, -0.05) is 0 Å². The summed E-state index contributed by atoms with van der Waals surface area (Å²) in [6, 6.07) is 1.89. The van der Waals surface area contributed by atoms with Gasteiger partial charge in [-0.05, 0) is 63.5 Å². The van der Waals surface area contributed by atoms with Gasteiger partial charge in [0.25, 0.3) is 0 Å². The molecule has 3 aliphatic heterocycles. The summed E-state index contributed by atoms with van der Waals surface area (Å²) in [5.74, 6) is -3.02. The summed E-state index contributed by atoms with van der Waals surface area (Å²) in [5, 5.41) is 3.29. The highest BCUT2D eigenvalue weighted by Crippen LogP contribution is 2.47. The largest absolute Gasteiger partial charge is 0.492 e. The SMILES string of the molecule is COCOC(=O)c1cn(C2CC2)c2c(OC)c(N3CC4CCCN(C(=O)OCOC(=O)c5cn(C6CC6)c6c(OC)c(N7CCNC(C)C7)c(F)cc6c5=O)C4C3)c(F)cc2c1=O. The molecule has 1 N–H and O–H groups in total. The van der Waals surface area contributed by atoms with Gasteiger partial charge in [0.15, 0.2) is 29.9 Å². The number of methoxy groups -OCH3 is 3. The van der Waals surface area contributed by atoms with E-state index < -0.39 is 53.4 Å². The van der Waals surface area contributed by atoms with Gasteiger partial charge in [0, 0.05) is 76.9 Å². The van der Waals surface area contributed by atoms with E-state index in [0.717, 1.165) is 44.2 Å². The van der Waals surface area contributed by atoms with Crippen molar-refractivity contribution in [2.45, 2.75) is 69.6 Å². The monoisotopic (exact) mass is 876 g/mol. The van der Waals surface area contributed by atoms with Crippen molar-refractivity contribution in [2.75, 3.05) is 84.0 Å². The van der Waals surface area contributed by atoms with Crippen molar-refractivity contribution < 1.29 is 51.6 Å². The van der Waals surface area contributed by atoms with E-state index in [1.165, 1.54) is 38.6 Å². The summed E-state index contributed by atoms with van der Waals surface area (Å²) in [6.45, 7) is 3.50. The molecule has 336 valence electrons. The maximum atomic E-state index is 16.3. The molecule has 63 heavy (non-hydrogen) atoms. The number of piperazine rings is 1. The molecule has 3 atom stereocenters. The maximum absolute atomic E-state index is 16.3. The highest BCUT2D eigenvalue weighted by atomic mass is 19.1. The van der Waals surface area contributed by atoms with E-state index in [1.54, 1.807) is 14.0 Å². The normalized spacial score (nSPS) is 21.1. The number of nitrogens with one attached hydrogen (secondary N) is 1. The number of halogens is 2. The molecule has 4 aromatic rings. The van der Waals surface area contributed by atoms with Crippen molar-refractivity contribution in [3.8, 4) is 11.5 Å².